The van der Waals surface area contributed by atoms with E-state index < -0.39 is 0 Å². The lowest BCUT2D eigenvalue weighted by Crippen LogP contribution is -1.94. The maximum atomic E-state index is 13.2. The van der Waals surface area contributed by atoms with E-state index in [1.54, 1.807) is 6.07 Å². The Morgan fingerprint density at radius 1 is 1.47 bits per heavy atom. The molecule has 19 heavy (non-hydrogen) atoms. The SMILES string of the molecule is CCCc1c(-c2ccc(F)cc2I)sc(C#N)c1N. The standard InChI is InChI=1S/C14H12FIN2S/c1-2-3-10-13(18)12(7-17)19-14(10)9-5-4-8(15)6-11(9)16/h4-6H,2-3,18H2,1H3. The van der Waals surface area contributed by atoms with E-state index in [-0.39, 0.29) is 5.82 Å². The molecule has 1 aromatic heterocycles. The molecule has 0 saturated carbocycles. The van der Waals surface area contributed by atoms with Gasteiger partial charge in [-0.05, 0) is 52.8 Å². The lowest BCUT2D eigenvalue weighted by atomic mass is 10.0. The Hall–Kier alpha value is -1.13. The quantitative estimate of drug-likeness (QED) is 0.786. The summed E-state index contributed by atoms with van der Waals surface area (Å²) in [6.07, 6.45) is 1.78. The molecule has 0 saturated heterocycles. The molecular formula is C14H12FIN2S. The molecule has 0 aliphatic heterocycles. The second kappa shape index (κ2) is 5.88. The van der Waals surface area contributed by atoms with Crippen molar-refractivity contribution in [3.05, 3.63) is 38.0 Å². The third kappa shape index (κ3) is 2.74. The zero-order valence-electron chi connectivity index (χ0n) is 10.3. The maximum absolute atomic E-state index is 13.2. The average Bonchev–Trinajstić information content (AvgIpc) is 2.68. The van der Waals surface area contributed by atoms with Gasteiger partial charge in [0.05, 0.1) is 5.69 Å². The van der Waals surface area contributed by atoms with Gasteiger partial charge in [0.1, 0.15) is 16.8 Å². The van der Waals surface area contributed by atoms with Crippen LogP contribution in [-0.2, 0) is 6.42 Å². The highest BCUT2D eigenvalue weighted by atomic mass is 127. The minimum Gasteiger partial charge on any atom is -0.397 e. The number of halogens is 2. The molecule has 0 bridgehead atoms. The Balaban J connectivity index is 2.64. The van der Waals surface area contributed by atoms with Gasteiger partial charge < -0.3 is 5.73 Å². The van der Waals surface area contributed by atoms with Crippen LogP contribution in [0.15, 0.2) is 18.2 Å². The van der Waals surface area contributed by atoms with Crippen LogP contribution in [0.2, 0.25) is 0 Å². The minimum atomic E-state index is -0.254. The van der Waals surface area contributed by atoms with Gasteiger partial charge in [-0.25, -0.2) is 4.39 Å². The smallest absolute Gasteiger partial charge is 0.128 e. The highest BCUT2D eigenvalue weighted by molar-refractivity contribution is 14.1. The number of thiophene rings is 1. The number of hydrogen-bond acceptors (Lipinski definition) is 3. The summed E-state index contributed by atoms with van der Waals surface area (Å²) in [5.41, 5.74) is 8.56. The third-order valence-electron chi connectivity index (χ3n) is 2.83. The first-order chi connectivity index (χ1) is 9.08. The van der Waals surface area contributed by atoms with Crippen LogP contribution in [0.4, 0.5) is 10.1 Å². The molecule has 0 amide bonds. The highest BCUT2D eigenvalue weighted by Crippen LogP contribution is 2.40. The number of nitrogen functional groups attached to an aromatic ring is 1. The molecule has 5 heteroatoms. The third-order valence-corrected chi connectivity index (χ3v) is 4.90. The number of rotatable bonds is 3. The summed E-state index contributed by atoms with van der Waals surface area (Å²) in [6.45, 7) is 2.07. The second-order valence-electron chi connectivity index (χ2n) is 4.14. The molecule has 0 radical (unpaired) electrons. The number of nitriles is 1. The normalized spacial score (nSPS) is 10.4. The minimum absolute atomic E-state index is 0.254. The topological polar surface area (TPSA) is 49.8 Å². The second-order valence-corrected chi connectivity index (χ2v) is 6.32. The number of benzene rings is 1. The fraction of sp³-hybridized carbons (Fsp3) is 0.214. The van der Waals surface area contributed by atoms with E-state index in [0.29, 0.717) is 10.6 Å². The van der Waals surface area contributed by atoms with E-state index in [1.165, 1.54) is 23.5 Å². The van der Waals surface area contributed by atoms with Crippen LogP contribution >= 0.6 is 33.9 Å². The van der Waals surface area contributed by atoms with Crippen molar-refractivity contribution in [3.63, 3.8) is 0 Å². The fourth-order valence-corrected chi connectivity index (χ4v) is 3.99. The number of nitrogens with zero attached hydrogens (tertiary/aromatic N) is 1. The van der Waals surface area contributed by atoms with Crippen molar-refractivity contribution in [3.8, 4) is 16.5 Å². The largest absolute Gasteiger partial charge is 0.397 e. The van der Waals surface area contributed by atoms with Gasteiger partial charge in [-0.15, -0.1) is 11.3 Å². The van der Waals surface area contributed by atoms with Crippen LogP contribution in [0, 0.1) is 20.7 Å². The van der Waals surface area contributed by atoms with Gasteiger partial charge >= 0.3 is 0 Å². The van der Waals surface area contributed by atoms with Crippen LogP contribution < -0.4 is 5.73 Å². The summed E-state index contributed by atoms with van der Waals surface area (Å²) in [7, 11) is 0. The Morgan fingerprint density at radius 2 is 2.21 bits per heavy atom. The van der Waals surface area contributed by atoms with Crippen LogP contribution in [0.25, 0.3) is 10.4 Å². The van der Waals surface area contributed by atoms with Crippen molar-refractivity contribution < 1.29 is 4.39 Å². The van der Waals surface area contributed by atoms with E-state index in [4.69, 9.17) is 11.0 Å². The van der Waals surface area contributed by atoms with Gasteiger partial charge in [-0.1, -0.05) is 13.3 Å². The molecule has 2 nitrogen and oxygen atoms in total. The van der Waals surface area contributed by atoms with Crippen LogP contribution in [0.5, 0.6) is 0 Å². The summed E-state index contributed by atoms with van der Waals surface area (Å²) in [5, 5.41) is 9.10. The molecule has 98 valence electrons. The number of hydrogen-bond donors (Lipinski definition) is 1. The molecular weight excluding hydrogens is 374 g/mol. The van der Waals surface area contributed by atoms with E-state index >= 15 is 0 Å². The molecule has 0 aliphatic rings. The van der Waals surface area contributed by atoms with Gasteiger partial charge in [-0.3, -0.25) is 0 Å². The zero-order chi connectivity index (χ0) is 14.0. The van der Waals surface area contributed by atoms with Crippen molar-refractivity contribution in [2.24, 2.45) is 0 Å². The number of nitrogens with two attached hydrogens (primary N) is 1. The lowest BCUT2D eigenvalue weighted by molar-refractivity contribution is 0.627. The van der Waals surface area contributed by atoms with Crippen LogP contribution in [0.3, 0.4) is 0 Å². The first-order valence-corrected chi connectivity index (χ1v) is 7.74. The van der Waals surface area contributed by atoms with E-state index in [1.807, 2.05) is 0 Å². The van der Waals surface area contributed by atoms with Crippen LogP contribution in [-0.4, -0.2) is 0 Å². The predicted molar refractivity (Wildman–Crippen MR) is 85.6 cm³/mol. The van der Waals surface area contributed by atoms with E-state index in [0.717, 1.165) is 32.4 Å². The Bertz CT molecular complexity index is 658. The molecule has 0 aliphatic carbocycles. The molecule has 0 atom stereocenters. The van der Waals surface area contributed by atoms with Crippen molar-refractivity contribution in [1.82, 2.24) is 0 Å². The highest BCUT2D eigenvalue weighted by Gasteiger charge is 2.18. The van der Waals surface area contributed by atoms with Gasteiger partial charge in [0.2, 0.25) is 0 Å². The first-order valence-electron chi connectivity index (χ1n) is 5.85. The van der Waals surface area contributed by atoms with Crippen molar-refractivity contribution in [2.45, 2.75) is 19.8 Å². The lowest BCUT2D eigenvalue weighted by Gasteiger charge is -2.06. The van der Waals surface area contributed by atoms with Gasteiger partial charge in [0, 0.05) is 14.0 Å². The summed E-state index contributed by atoms with van der Waals surface area (Å²) in [6, 6.07) is 6.82. The Labute approximate surface area is 129 Å². The van der Waals surface area contributed by atoms with Crippen molar-refractivity contribution >= 4 is 39.6 Å². The molecule has 2 N–H and O–H groups in total. The predicted octanol–water partition coefficient (Wildman–Crippen LogP) is 4.57. The summed E-state index contributed by atoms with van der Waals surface area (Å²) in [5.74, 6) is -0.254. The summed E-state index contributed by atoms with van der Waals surface area (Å²) < 4.78 is 14.0. The molecule has 2 aromatic rings. The fourth-order valence-electron chi connectivity index (χ4n) is 1.95. The maximum Gasteiger partial charge on any atom is 0.128 e. The Morgan fingerprint density at radius 3 is 2.79 bits per heavy atom. The van der Waals surface area contributed by atoms with E-state index in [2.05, 4.69) is 35.6 Å². The van der Waals surface area contributed by atoms with Gasteiger partial charge in [0.15, 0.2) is 0 Å². The van der Waals surface area contributed by atoms with Crippen molar-refractivity contribution in [1.29, 1.82) is 5.26 Å². The van der Waals surface area contributed by atoms with Gasteiger partial charge in [-0.2, -0.15) is 5.26 Å². The molecule has 0 fully saturated rings. The molecule has 1 aromatic carbocycles. The average molecular weight is 386 g/mol. The van der Waals surface area contributed by atoms with E-state index in [9.17, 15) is 4.39 Å². The summed E-state index contributed by atoms with van der Waals surface area (Å²) >= 11 is 3.50. The molecule has 1 heterocycles. The Kier molecular flexibility index (Phi) is 4.42. The zero-order valence-corrected chi connectivity index (χ0v) is 13.3. The number of anilines is 1. The molecule has 0 spiro atoms. The summed E-state index contributed by atoms with van der Waals surface area (Å²) in [4.78, 5) is 1.53. The first kappa shape index (κ1) is 14.3. The monoisotopic (exact) mass is 386 g/mol. The van der Waals surface area contributed by atoms with Crippen LogP contribution in [0.1, 0.15) is 23.8 Å². The van der Waals surface area contributed by atoms with Gasteiger partial charge in [0.25, 0.3) is 0 Å². The molecule has 0 unspecified atom stereocenters. The van der Waals surface area contributed by atoms with Crippen molar-refractivity contribution in [2.75, 3.05) is 5.73 Å². The molecule has 2 rings (SSSR count).